The number of halogens is 3. The van der Waals surface area contributed by atoms with Gasteiger partial charge in [-0.25, -0.2) is 4.79 Å². The van der Waals surface area contributed by atoms with Gasteiger partial charge in [0.15, 0.2) is 0 Å². The molecule has 0 heterocycles. The third-order valence-electron chi connectivity index (χ3n) is 1.63. The number of anilines is 1. The standard InChI is InChI=1S/C10H6Br3NO3/c11-5-3-6(12)10(7(13)4-5)14-8(15)1-2-9(16)17/h1-4H,(H,14,15)(H,16,17). The zero-order chi connectivity index (χ0) is 13.0. The highest BCUT2D eigenvalue weighted by atomic mass is 79.9. The monoisotopic (exact) mass is 425 g/mol. The molecule has 0 saturated carbocycles. The van der Waals surface area contributed by atoms with Gasteiger partial charge in [-0.15, -0.1) is 0 Å². The van der Waals surface area contributed by atoms with Crippen molar-refractivity contribution >= 4 is 65.4 Å². The number of rotatable bonds is 3. The van der Waals surface area contributed by atoms with Crippen LogP contribution in [0.15, 0.2) is 37.7 Å². The second-order valence-electron chi connectivity index (χ2n) is 2.91. The number of benzene rings is 1. The van der Waals surface area contributed by atoms with Gasteiger partial charge in [0, 0.05) is 25.6 Å². The van der Waals surface area contributed by atoms with Crippen LogP contribution in [0, 0.1) is 0 Å². The van der Waals surface area contributed by atoms with E-state index in [4.69, 9.17) is 5.11 Å². The molecule has 7 heteroatoms. The Labute approximate surface area is 122 Å². The average molecular weight is 428 g/mol. The Kier molecular flexibility index (Phi) is 5.35. The maximum atomic E-state index is 11.4. The van der Waals surface area contributed by atoms with E-state index in [9.17, 15) is 9.59 Å². The molecule has 0 unspecified atom stereocenters. The van der Waals surface area contributed by atoms with Gasteiger partial charge in [0.05, 0.1) is 5.69 Å². The van der Waals surface area contributed by atoms with E-state index in [0.717, 1.165) is 16.6 Å². The van der Waals surface area contributed by atoms with Crippen LogP contribution in [-0.4, -0.2) is 17.0 Å². The molecule has 0 radical (unpaired) electrons. The van der Waals surface area contributed by atoms with E-state index in [1.807, 2.05) is 0 Å². The molecule has 1 aromatic rings. The first-order valence-electron chi connectivity index (χ1n) is 4.26. The summed E-state index contributed by atoms with van der Waals surface area (Å²) in [5.41, 5.74) is 0.535. The molecular formula is C10H6Br3NO3. The summed E-state index contributed by atoms with van der Waals surface area (Å²) in [7, 11) is 0. The van der Waals surface area contributed by atoms with E-state index < -0.39 is 11.9 Å². The first-order chi connectivity index (χ1) is 7.90. The Hall–Kier alpha value is -0.660. The van der Waals surface area contributed by atoms with Crippen LogP contribution in [0.4, 0.5) is 5.69 Å². The topological polar surface area (TPSA) is 66.4 Å². The number of carboxylic acids is 1. The van der Waals surface area contributed by atoms with Crippen molar-refractivity contribution in [1.82, 2.24) is 0 Å². The molecule has 0 aliphatic rings. The minimum Gasteiger partial charge on any atom is -0.478 e. The van der Waals surface area contributed by atoms with Gasteiger partial charge in [-0.05, 0) is 44.0 Å². The number of hydrogen-bond donors (Lipinski definition) is 2. The minimum atomic E-state index is -1.17. The molecule has 0 aliphatic carbocycles. The van der Waals surface area contributed by atoms with Gasteiger partial charge in [-0.2, -0.15) is 0 Å². The minimum absolute atomic E-state index is 0.517. The first kappa shape index (κ1) is 14.4. The smallest absolute Gasteiger partial charge is 0.328 e. The molecule has 0 bridgehead atoms. The molecular weight excluding hydrogens is 422 g/mol. The van der Waals surface area contributed by atoms with E-state index in [1.54, 1.807) is 12.1 Å². The van der Waals surface area contributed by atoms with Crippen molar-refractivity contribution in [3.8, 4) is 0 Å². The van der Waals surface area contributed by atoms with Crippen molar-refractivity contribution in [2.75, 3.05) is 5.32 Å². The fourth-order valence-corrected chi connectivity index (χ4v) is 3.43. The van der Waals surface area contributed by atoms with Crippen LogP contribution in [-0.2, 0) is 9.59 Å². The number of amides is 1. The predicted molar refractivity (Wildman–Crippen MR) is 74.9 cm³/mol. The second-order valence-corrected chi connectivity index (χ2v) is 5.53. The summed E-state index contributed by atoms with van der Waals surface area (Å²) >= 11 is 9.88. The van der Waals surface area contributed by atoms with Crippen LogP contribution in [0.1, 0.15) is 0 Å². The van der Waals surface area contributed by atoms with Crippen molar-refractivity contribution in [2.45, 2.75) is 0 Å². The maximum Gasteiger partial charge on any atom is 0.328 e. The highest BCUT2D eigenvalue weighted by Gasteiger charge is 2.08. The third kappa shape index (κ3) is 4.61. The van der Waals surface area contributed by atoms with Crippen LogP contribution in [0.25, 0.3) is 0 Å². The summed E-state index contributed by atoms with van der Waals surface area (Å²) < 4.78 is 2.20. The van der Waals surface area contributed by atoms with Crippen molar-refractivity contribution in [3.63, 3.8) is 0 Å². The van der Waals surface area contributed by atoms with Crippen LogP contribution in [0.5, 0.6) is 0 Å². The van der Waals surface area contributed by atoms with E-state index in [-0.39, 0.29) is 0 Å². The third-order valence-corrected chi connectivity index (χ3v) is 3.34. The van der Waals surface area contributed by atoms with Gasteiger partial charge in [-0.1, -0.05) is 15.9 Å². The Balaban J connectivity index is 2.89. The van der Waals surface area contributed by atoms with Crippen LogP contribution in [0.3, 0.4) is 0 Å². The van der Waals surface area contributed by atoms with Crippen LogP contribution >= 0.6 is 47.8 Å². The van der Waals surface area contributed by atoms with Crippen molar-refractivity contribution in [2.24, 2.45) is 0 Å². The number of aliphatic carboxylic acids is 1. The molecule has 0 aliphatic heterocycles. The summed E-state index contributed by atoms with van der Waals surface area (Å²) in [4.78, 5) is 21.6. The molecule has 1 rings (SSSR count). The van der Waals surface area contributed by atoms with Crippen LogP contribution in [0.2, 0.25) is 0 Å². The first-order valence-corrected chi connectivity index (χ1v) is 6.64. The lowest BCUT2D eigenvalue weighted by atomic mass is 10.3. The van der Waals surface area contributed by atoms with Crippen molar-refractivity contribution in [3.05, 3.63) is 37.7 Å². The highest BCUT2D eigenvalue weighted by Crippen LogP contribution is 2.34. The number of carbonyl (C=O) groups is 2. The highest BCUT2D eigenvalue weighted by molar-refractivity contribution is 9.11. The van der Waals surface area contributed by atoms with Gasteiger partial charge >= 0.3 is 5.97 Å². The number of carboxylic acid groups (broad SMARTS) is 1. The molecule has 0 aromatic heterocycles. The van der Waals surface area contributed by atoms with Gasteiger partial charge in [0.1, 0.15) is 0 Å². The molecule has 0 spiro atoms. The molecule has 4 nitrogen and oxygen atoms in total. The largest absolute Gasteiger partial charge is 0.478 e. The van der Waals surface area contributed by atoms with E-state index >= 15 is 0 Å². The summed E-state index contributed by atoms with van der Waals surface area (Å²) in [6.45, 7) is 0. The maximum absolute atomic E-state index is 11.4. The number of hydrogen-bond acceptors (Lipinski definition) is 2. The Morgan fingerprint density at radius 1 is 1.12 bits per heavy atom. The second kappa shape index (κ2) is 6.32. The summed E-state index contributed by atoms with van der Waals surface area (Å²) in [5, 5.41) is 10.9. The quantitative estimate of drug-likeness (QED) is 0.725. The molecule has 17 heavy (non-hydrogen) atoms. The van der Waals surface area contributed by atoms with Crippen molar-refractivity contribution < 1.29 is 14.7 Å². The predicted octanol–water partition coefficient (Wildman–Crippen LogP) is 3.55. The number of carbonyl (C=O) groups excluding carboxylic acids is 1. The van der Waals surface area contributed by atoms with E-state index in [2.05, 4.69) is 53.1 Å². The van der Waals surface area contributed by atoms with Crippen LogP contribution < -0.4 is 5.32 Å². The Bertz CT molecular complexity index is 477. The SMILES string of the molecule is O=C(O)C=CC(=O)Nc1c(Br)cc(Br)cc1Br. The lowest BCUT2D eigenvalue weighted by Crippen LogP contribution is -2.09. The van der Waals surface area contributed by atoms with Gasteiger partial charge in [-0.3, -0.25) is 4.79 Å². The Morgan fingerprint density at radius 2 is 1.65 bits per heavy atom. The lowest BCUT2D eigenvalue weighted by molar-refractivity contribution is -0.131. The molecule has 0 atom stereocenters. The molecule has 90 valence electrons. The summed E-state index contributed by atoms with van der Waals surface area (Å²) in [5.74, 6) is -1.69. The van der Waals surface area contributed by atoms with Gasteiger partial charge < -0.3 is 10.4 Å². The normalized spacial score (nSPS) is 10.5. The molecule has 1 amide bonds. The van der Waals surface area contributed by atoms with Gasteiger partial charge in [0.2, 0.25) is 5.91 Å². The lowest BCUT2D eigenvalue weighted by Gasteiger charge is -2.08. The molecule has 0 fully saturated rings. The molecule has 1 aromatic carbocycles. The summed E-state index contributed by atoms with van der Waals surface area (Å²) in [6.07, 6.45) is 1.72. The fourth-order valence-electron chi connectivity index (χ4n) is 0.973. The number of nitrogens with one attached hydrogen (secondary N) is 1. The molecule has 2 N–H and O–H groups in total. The zero-order valence-electron chi connectivity index (χ0n) is 8.21. The zero-order valence-corrected chi connectivity index (χ0v) is 13.0. The fraction of sp³-hybridized carbons (Fsp3) is 0. The Morgan fingerprint density at radius 3 is 2.12 bits per heavy atom. The van der Waals surface area contributed by atoms with Gasteiger partial charge in [0.25, 0.3) is 0 Å². The summed E-state index contributed by atoms with van der Waals surface area (Å²) in [6, 6.07) is 3.53. The van der Waals surface area contributed by atoms with Crippen molar-refractivity contribution in [1.29, 1.82) is 0 Å². The average Bonchev–Trinajstić information content (AvgIpc) is 2.20. The van der Waals surface area contributed by atoms with E-state index in [1.165, 1.54) is 0 Å². The van der Waals surface area contributed by atoms with E-state index in [0.29, 0.717) is 14.6 Å². The molecule has 0 saturated heterocycles.